The van der Waals surface area contributed by atoms with Crippen LogP contribution in [0, 0.1) is 0 Å². The van der Waals surface area contributed by atoms with Crippen molar-refractivity contribution >= 4 is 6.08 Å². The second kappa shape index (κ2) is 3.31. The van der Waals surface area contributed by atoms with E-state index >= 15 is 0 Å². The number of hydrogen-bond acceptors (Lipinski definition) is 2. The minimum Gasteiger partial charge on any atom is -0.235 e. The van der Waals surface area contributed by atoms with E-state index in [0.717, 1.165) is 6.08 Å². The second-order valence-corrected chi connectivity index (χ2v) is 1.44. The van der Waals surface area contributed by atoms with Crippen molar-refractivity contribution in [3.05, 3.63) is 0 Å². The average Bonchev–Trinajstić information content (AvgIpc) is 1.80. The molecule has 10 heavy (non-hydrogen) atoms. The fourth-order valence-electron chi connectivity index (χ4n) is 0.221. The highest BCUT2D eigenvalue weighted by Crippen LogP contribution is 2.22. The third-order valence-corrected chi connectivity index (χ3v) is 0.671. The summed E-state index contributed by atoms with van der Waals surface area (Å²) in [4.78, 5) is 11.6. The molecule has 0 radical (unpaired) electrons. The molecular weight excluding hydrogens is 154 g/mol. The summed E-state index contributed by atoms with van der Waals surface area (Å²) >= 11 is 0. The van der Waals surface area contributed by atoms with Crippen LogP contribution in [-0.4, -0.2) is 25.0 Å². The third-order valence-electron chi connectivity index (χ3n) is 0.671. The van der Waals surface area contributed by atoms with Crippen LogP contribution in [0.1, 0.15) is 0 Å². The van der Waals surface area contributed by atoms with Gasteiger partial charge in [0, 0.05) is 0 Å². The number of halogens is 4. The molecule has 1 atom stereocenters. The molecule has 0 saturated heterocycles. The van der Waals surface area contributed by atoms with Gasteiger partial charge in [0.15, 0.2) is 0 Å². The summed E-state index contributed by atoms with van der Waals surface area (Å²) in [7, 11) is 0. The largest absolute Gasteiger partial charge is 0.421 e. The molecule has 0 aromatic rings. The summed E-state index contributed by atoms with van der Waals surface area (Å²) in [6.45, 7) is -1.20. The molecule has 0 aliphatic carbocycles. The molecule has 0 fully saturated rings. The van der Waals surface area contributed by atoms with Gasteiger partial charge in [0.25, 0.3) is 0 Å². The fraction of sp³-hybridized carbons (Fsp3) is 0.750. The first kappa shape index (κ1) is 9.10. The maximum atomic E-state index is 11.7. The number of alkyl halides is 4. The van der Waals surface area contributed by atoms with Gasteiger partial charge in [-0.15, -0.1) is 0 Å². The summed E-state index contributed by atoms with van der Waals surface area (Å²) in [5, 5.41) is 0. The van der Waals surface area contributed by atoms with Crippen LogP contribution in [0.15, 0.2) is 4.99 Å². The van der Waals surface area contributed by atoms with Gasteiger partial charge in [-0.25, -0.2) is 14.2 Å². The van der Waals surface area contributed by atoms with E-state index in [2.05, 4.69) is 4.99 Å². The predicted octanol–water partition coefficient (Wildman–Crippen LogP) is 1.22. The molecule has 0 amide bonds. The summed E-state index contributed by atoms with van der Waals surface area (Å²) in [6.07, 6.45) is -7.19. The Kier molecular flexibility index (Phi) is 3.02. The Balaban J connectivity index is 3.84. The second-order valence-electron chi connectivity index (χ2n) is 1.44. The number of rotatable bonds is 2. The van der Waals surface area contributed by atoms with E-state index in [1.165, 1.54) is 0 Å². The molecule has 6 heteroatoms. The smallest absolute Gasteiger partial charge is 0.235 e. The Morgan fingerprint density at radius 2 is 2.00 bits per heavy atom. The van der Waals surface area contributed by atoms with Gasteiger partial charge < -0.3 is 0 Å². The molecule has 0 spiro atoms. The van der Waals surface area contributed by atoms with Crippen molar-refractivity contribution < 1.29 is 22.4 Å². The van der Waals surface area contributed by atoms with Gasteiger partial charge in [0.1, 0.15) is 0 Å². The van der Waals surface area contributed by atoms with E-state index in [0.29, 0.717) is 0 Å². The first-order valence-corrected chi connectivity index (χ1v) is 2.23. The Morgan fingerprint density at radius 3 is 2.30 bits per heavy atom. The molecule has 2 nitrogen and oxygen atoms in total. The van der Waals surface area contributed by atoms with Crippen LogP contribution < -0.4 is 0 Å². The molecule has 1 unspecified atom stereocenters. The molecular formula is C4H3F4NO. The SMILES string of the molecule is O=C=NCC(F)C(F)(F)F. The van der Waals surface area contributed by atoms with Gasteiger partial charge >= 0.3 is 6.18 Å². The van der Waals surface area contributed by atoms with E-state index in [1.54, 1.807) is 0 Å². The minimum absolute atomic E-state index is 0.806. The monoisotopic (exact) mass is 157 g/mol. The van der Waals surface area contributed by atoms with Crippen molar-refractivity contribution in [2.24, 2.45) is 4.99 Å². The van der Waals surface area contributed by atoms with Crippen LogP contribution in [0.5, 0.6) is 0 Å². The molecule has 0 aromatic heterocycles. The fourth-order valence-corrected chi connectivity index (χ4v) is 0.221. The van der Waals surface area contributed by atoms with Crippen molar-refractivity contribution in [1.29, 1.82) is 0 Å². The van der Waals surface area contributed by atoms with Gasteiger partial charge in [-0.2, -0.15) is 13.2 Å². The topological polar surface area (TPSA) is 29.4 Å². The average molecular weight is 157 g/mol. The summed E-state index contributed by atoms with van der Waals surface area (Å²) < 4.78 is 45.3. The number of nitrogens with zero attached hydrogens (tertiary/aromatic N) is 1. The molecule has 0 aromatic carbocycles. The van der Waals surface area contributed by atoms with Gasteiger partial charge in [0.05, 0.1) is 6.54 Å². The van der Waals surface area contributed by atoms with Crippen molar-refractivity contribution in [2.45, 2.75) is 12.3 Å². The van der Waals surface area contributed by atoms with E-state index < -0.39 is 18.9 Å². The van der Waals surface area contributed by atoms with Crippen molar-refractivity contribution in [1.82, 2.24) is 0 Å². The highest BCUT2D eigenvalue weighted by atomic mass is 19.4. The van der Waals surface area contributed by atoms with Crippen LogP contribution in [0.25, 0.3) is 0 Å². The van der Waals surface area contributed by atoms with Crippen LogP contribution in [0.4, 0.5) is 17.6 Å². The standard InChI is InChI=1S/C4H3F4NO/c5-3(1-9-2-10)4(6,7)8/h3H,1H2. The van der Waals surface area contributed by atoms with Gasteiger partial charge in [-0.05, 0) is 0 Å². The maximum absolute atomic E-state index is 11.7. The number of carbonyl (C=O) groups excluding carboxylic acids is 1. The van der Waals surface area contributed by atoms with E-state index in [1.807, 2.05) is 0 Å². The zero-order valence-corrected chi connectivity index (χ0v) is 4.65. The molecule has 0 aliphatic rings. The number of hydrogen-bond donors (Lipinski definition) is 0. The van der Waals surface area contributed by atoms with Crippen LogP contribution >= 0.6 is 0 Å². The predicted molar refractivity (Wildman–Crippen MR) is 23.9 cm³/mol. The Morgan fingerprint density at radius 1 is 1.50 bits per heavy atom. The van der Waals surface area contributed by atoms with Gasteiger partial charge in [-0.3, -0.25) is 0 Å². The molecule has 0 aliphatic heterocycles. The lowest BCUT2D eigenvalue weighted by Crippen LogP contribution is -2.26. The molecule has 0 rings (SSSR count). The van der Waals surface area contributed by atoms with Crippen LogP contribution in [0.2, 0.25) is 0 Å². The summed E-state index contributed by atoms with van der Waals surface area (Å²) in [5.74, 6) is 0. The molecule has 0 bridgehead atoms. The van der Waals surface area contributed by atoms with Crippen LogP contribution in [0.3, 0.4) is 0 Å². The Labute approximate surface area is 53.6 Å². The summed E-state index contributed by atoms with van der Waals surface area (Å²) in [5.41, 5.74) is 0. The number of aliphatic imine (C=N–C) groups is 1. The van der Waals surface area contributed by atoms with E-state index in [-0.39, 0.29) is 0 Å². The van der Waals surface area contributed by atoms with Crippen molar-refractivity contribution in [3.63, 3.8) is 0 Å². The normalized spacial score (nSPS) is 14.0. The first-order valence-electron chi connectivity index (χ1n) is 2.23. The lowest BCUT2D eigenvalue weighted by molar-refractivity contribution is -0.176. The lowest BCUT2D eigenvalue weighted by Gasteiger charge is -2.07. The molecule has 0 N–H and O–H groups in total. The minimum atomic E-state index is -4.93. The first-order chi connectivity index (χ1) is 4.48. The van der Waals surface area contributed by atoms with Crippen LogP contribution in [-0.2, 0) is 4.79 Å². The van der Waals surface area contributed by atoms with Gasteiger partial charge in [0.2, 0.25) is 12.3 Å². The highest BCUT2D eigenvalue weighted by molar-refractivity contribution is 5.32. The lowest BCUT2D eigenvalue weighted by atomic mass is 10.4. The van der Waals surface area contributed by atoms with E-state index in [4.69, 9.17) is 0 Å². The van der Waals surface area contributed by atoms with Crippen molar-refractivity contribution in [2.75, 3.05) is 6.54 Å². The Bertz CT molecular complexity index is 148. The van der Waals surface area contributed by atoms with Crippen molar-refractivity contribution in [3.8, 4) is 0 Å². The highest BCUT2D eigenvalue weighted by Gasteiger charge is 2.39. The Hall–Kier alpha value is -0.900. The summed E-state index contributed by atoms with van der Waals surface area (Å²) in [6, 6.07) is 0. The quantitative estimate of drug-likeness (QED) is 0.336. The third kappa shape index (κ3) is 3.19. The van der Waals surface area contributed by atoms with E-state index in [9.17, 15) is 22.4 Å². The zero-order chi connectivity index (χ0) is 8.20. The number of isocyanates is 1. The molecule has 0 heterocycles. The molecule has 58 valence electrons. The maximum Gasteiger partial charge on any atom is 0.421 e. The van der Waals surface area contributed by atoms with Gasteiger partial charge in [-0.1, -0.05) is 0 Å². The zero-order valence-electron chi connectivity index (χ0n) is 4.65. The molecule has 0 saturated carbocycles.